The van der Waals surface area contributed by atoms with Gasteiger partial charge in [-0.05, 0) is 29.8 Å². The largest absolute Gasteiger partial charge is 0.493 e. The van der Waals surface area contributed by atoms with Gasteiger partial charge in [-0.15, -0.1) is 0 Å². The lowest BCUT2D eigenvalue weighted by Gasteiger charge is -2.38. The predicted octanol–water partition coefficient (Wildman–Crippen LogP) is 1.01. The number of β-amino-alcohol motifs (C(OH)–C–C–N with tert-alkyl or cyclic N) is 1. The Hall–Kier alpha value is -3.01. The third kappa shape index (κ3) is 5.07. The summed E-state index contributed by atoms with van der Waals surface area (Å²) in [7, 11) is 1.58. The minimum absolute atomic E-state index is 0.168. The SMILES string of the molecule is COc1ccccc1OCC(O)CN1CCN(C(C(N)=O)c2ccc3c(c2)OCO3)CC1. The first kappa shape index (κ1) is 22.2. The molecule has 2 unspecified atom stereocenters. The summed E-state index contributed by atoms with van der Waals surface area (Å²) in [5.41, 5.74) is 6.54. The molecule has 0 aromatic heterocycles. The van der Waals surface area contributed by atoms with Crippen LogP contribution in [0.3, 0.4) is 0 Å². The van der Waals surface area contributed by atoms with E-state index in [1.807, 2.05) is 42.5 Å². The second-order valence-electron chi connectivity index (χ2n) is 7.87. The van der Waals surface area contributed by atoms with E-state index in [-0.39, 0.29) is 13.4 Å². The van der Waals surface area contributed by atoms with Crippen LogP contribution in [-0.2, 0) is 4.79 Å². The molecular formula is C23H29N3O6. The molecule has 0 saturated carbocycles. The second-order valence-corrected chi connectivity index (χ2v) is 7.87. The highest BCUT2D eigenvalue weighted by atomic mass is 16.7. The number of piperazine rings is 1. The van der Waals surface area contributed by atoms with E-state index < -0.39 is 18.1 Å². The molecule has 0 radical (unpaired) electrons. The summed E-state index contributed by atoms with van der Waals surface area (Å²) in [6.45, 7) is 3.56. The molecular weight excluding hydrogens is 414 g/mol. The van der Waals surface area contributed by atoms with Gasteiger partial charge in [0.1, 0.15) is 18.8 Å². The Bertz CT molecular complexity index is 932. The molecule has 0 aliphatic carbocycles. The normalized spacial score (nSPS) is 18.2. The minimum atomic E-state index is -0.646. The van der Waals surface area contributed by atoms with Gasteiger partial charge in [-0.25, -0.2) is 0 Å². The molecule has 1 saturated heterocycles. The molecule has 9 heteroatoms. The number of carbonyl (C=O) groups is 1. The van der Waals surface area contributed by atoms with Gasteiger partial charge in [0.15, 0.2) is 23.0 Å². The van der Waals surface area contributed by atoms with Crippen molar-refractivity contribution in [3.05, 3.63) is 48.0 Å². The molecule has 172 valence electrons. The van der Waals surface area contributed by atoms with Crippen molar-refractivity contribution in [2.75, 3.05) is 53.2 Å². The molecule has 32 heavy (non-hydrogen) atoms. The van der Waals surface area contributed by atoms with E-state index in [2.05, 4.69) is 9.80 Å². The number of aliphatic hydroxyl groups is 1. The fourth-order valence-electron chi connectivity index (χ4n) is 4.12. The molecule has 3 N–H and O–H groups in total. The number of nitrogens with zero attached hydrogens (tertiary/aromatic N) is 2. The number of ether oxygens (including phenoxy) is 4. The van der Waals surface area contributed by atoms with E-state index in [0.717, 1.165) is 5.56 Å². The average Bonchev–Trinajstić information content (AvgIpc) is 3.27. The summed E-state index contributed by atoms with van der Waals surface area (Å²) in [4.78, 5) is 16.5. The number of para-hydroxylation sites is 2. The van der Waals surface area contributed by atoms with E-state index in [9.17, 15) is 9.90 Å². The molecule has 2 aromatic rings. The maximum Gasteiger partial charge on any atom is 0.239 e. The lowest BCUT2D eigenvalue weighted by atomic mass is 10.0. The van der Waals surface area contributed by atoms with E-state index in [4.69, 9.17) is 24.7 Å². The van der Waals surface area contributed by atoms with Crippen molar-refractivity contribution in [2.45, 2.75) is 12.1 Å². The summed E-state index contributed by atoms with van der Waals surface area (Å²) < 4.78 is 21.8. The van der Waals surface area contributed by atoms with Crippen molar-refractivity contribution in [1.29, 1.82) is 0 Å². The number of carbonyl (C=O) groups excluding carboxylic acids is 1. The molecule has 2 heterocycles. The van der Waals surface area contributed by atoms with Crippen LogP contribution in [0.5, 0.6) is 23.0 Å². The van der Waals surface area contributed by atoms with E-state index in [1.165, 1.54) is 0 Å². The van der Waals surface area contributed by atoms with Crippen LogP contribution in [0.2, 0.25) is 0 Å². The van der Waals surface area contributed by atoms with Crippen LogP contribution in [-0.4, -0.2) is 80.2 Å². The number of fused-ring (bicyclic) bond motifs is 1. The minimum Gasteiger partial charge on any atom is -0.493 e. The number of aliphatic hydroxyl groups excluding tert-OH is 1. The number of primary amides is 1. The predicted molar refractivity (Wildman–Crippen MR) is 117 cm³/mol. The van der Waals surface area contributed by atoms with Gasteiger partial charge in [0, 0.05) is 32.7 Å². The third-order valence-corrected chi connectivity index (χ3v) is 5.72. The summed E-state index contributed by atoms with van der Waals surface area (Å²) in [6.07, 6.45) is -0.646. The zero-order valence-electron chi connectivity index (χ0n) is 18.1. The molecule has 1 amide bonds. The quantitative estimate of drug-likeness (QED) is 0.591. The van der Waals surface area contributed by atoms with Gasteiger partial charge < -0.3 is 29.8 Å². The van der Waals surface area contributed by atoms with Gasteiger partial charge in [-0.2, -0.15) is 0 Å². The number of hydrogen-bond donors (Lipinski definition) is 2. The number of hydrogen-bond acceptors (Lipinski definition) is 8. The lowest BCUT2D eigenvalue weighted by molar-refractivity contribution is -0.124. The summed E-state index contributed by atoms with van der Waals surface area (Å²) >= 11 is 0. The average molecular weight is 444 g/mol. The number of amides is 1. The number of methoxy groups -OCH3 is 1. The van der Waals surface area contributed by atoms with Crippen molar-refractivity contribution < 1.29 is 28.8 Å². The van der Waals surface area contributed by atoms with E-state index in [0.29, 0.717) is 55.7 Å². The van der Waals surface area contributed by atoms with Crippen LogP contribution in [0, 0.1) is 0 Å². The molecule has 9 nitrogen and oxygen atoms in total. The second kappa shape index (κ2) is 10.1. The molecule has 2 aromatic carbocycles. The molecule has 1 fully saturated rings. The van der Waals surface area contributed by atoms with Crippen molar-refractivity contribution in [3.63, 3.8) is 0 Å². The monoisotopic (exact) mass is 443 g/mol. The standard InChI is InChI=1S/C23H29N3O6/c1-29-18-4-2-3-5-19(18)30-14-17(27)13-25-8-10-26(11-9-25)22(23(24)28)16-6-7-20-21(12-16)32-15-31-20/h2-7,12,17,22,27H,8-11,13-15H2,1H3,(H2,24,28). The fraction of sp³-hybridized carbons (Fsp3) is 0.435. The van der Waals surface area contributed by atoms with Crippen molar-refractivity contribution >= 4 is 5.91 Å². The summed E-state index contributed by atoms with van der Waals surface area (Å²) in [5.74, 6) is 2.14. The Labute approximate surface area is 187 Å². The first-order chi connectivity index (χ1) is 15.5. The Kier molecular flexibility index (Phi) is 6.99. The summed E-state index contributed by atoms with van der Waals surface area (Å²) in [5, 5.41) is 10.4. The van der Waals surface area contributed by atoms with Crippen molar-refractivity contribution in [2.24, 2.45) is 5.73 Å². The maximum atomic E-state index is 12.3. The lowest BCUT2D eigenvalue weighted by Crippen LogP contribution is -2.52. The Morgan fingerprint density at radius 2 is 1.81 bits per heavy atom. The van der Waals surface area contributed by atoms with Gasteiger partial charge >= 0.3 is 0 Å². The van der Waals surface area contributed by atoms with E-state index >= 15 is 0 Å². The van der Waals surface area contributed by atoms with Gasteiger partial charge in [-0.1, -0.05) is 18.2 Å². The van der Waals surface area contributed by atoms with E-state index in [1.54, 1.807) is 7.11 Å². The number of rotatable bonds is 9. The first-order valence-corrected chi connectivity index (χ1v) is 10.6. The highest BCUT2D eigenvalue weighted by Crippen LogP contribution is 2.35. The molecule has 2 aliphatic heterocycles. The van der Waals surface area contributed by atoms with Gasteiger partial charge in [0.05, 0.1) is 7.11 Å². The first-order valence-electron chi connectivity index (χ1n) is 10.6. The molecule has 0 spiro atoms. The smallest absolute Gasteiger partial charge is 0.239 e. The van der Waals surface area contributed by atoms with Crippen LogP contribution < -0.4 is 24.7 Å². The highest BCUT2D eigenvalue weighted by molar-refractivity contribution is 5.81. The Morgan fingerprint density at radius 1 is 1.09 bits per heavy atom. The summed E-state index contributed by atoms with van der Waals surface area (Å²) in [6, 6.07) is 12.3. The number of nitrogens with two attached hydrogens (primary N) is 1. The Balaban J connectivity index is 1.29. The highest BCUT2D eigenvalue weighted by Gasteiger charge is 2.30. The number of benzene rings is 2. The third-order valence-electron chi connectivity index (χ3n) is 5.72. The van der Waals surface area contributed by atoms with Crippen LogP contribution in [0.1, 0.15) is 11.6 Å². The van der Waals surface area contributed by atoms with Crippen LogP contribution >= 0.6 is 0 Å². The van der Waals surface area contributed by atoms with Gasteiger partial charge in [-0.3, -0.25) is 14.6 Å². The van der Waals surface area contributed by atoms with Crippen LogP contribution in [0.15, 0.2) is 42.5 Å². The van der Waals surface area contributed by atoms with Crippen LogP contribution in [0.25, 0.3) is 0 Å². The zero-order valence-corrected chi connectivity index (χ0v) is 18.1. The topological polar surface area (TPSA) is 107 Å². The molecule has 2 atom stereocenters. The fourth-order valence-corrected chi connectivity index (χ4v) is 4.12. The maximum absolute atomic E-state index is 12.3. The molecule has 2 aliphatic rings. The van der Waals surface area contributed by atoms with Gasteiger partial charge in [0.2, 0.25) is 12.7 Å². The molecule has 0 bridgehead atoms. The molecule has 4 rings (SSSR count). The Morgan fingerprint density at radius 3 is 2.53 bits per heavy atom. The van der Waals surface area contributed by atoms with Crippen LogP contribution in [0.4, 0.5) is 0 Å². The van der Waals surface area contributed by atoms with Gasteiger partial charge in [0.25, 0.3) is 0 Å². The zero-order chi connectivity index (χ0) is 22.5. The van der Waals surface area contributed by atoms with Crippen molar-refractivity contribution in [1.82, 2.24) is 9.80 Å². The van der Waals surface area contributed by atoms with Crippen molar-refractivity contribution in [3.8, 4) is 23.0 Å².